The average molecular weight is 264 g/mol. The number of amides is 1. The van der Waals surface area contributed by atoms with Gasteiger partial charge in [-0.25, -0.2) is 0 Å². The second kappa shape index (κ2) is 4.66. The Morgan fingerprint density at radius 1 is 1.25 bits per heavy atom. The van der Waals surface area contributed by atoms with Crippen LogP contribution in [0.4, 0.5) is 5.69 Å². The minimum absolute atomic E-state index is 0.139. The highest BCUT2D eigenvalue weighted by Crippen LogP contribution is 2.32. The second-order valence-electron chi connectivity index (χ2n) is 4.38. The van der Waals surface area contributed by atoms with Crippen molar-refractivity contribution in [2.24, 2.45) is 0 Å². The molecule has 1 amide bonds. The number of carbonyl (C=O) groups excluding carboxylic acids is 2. The number of hydrogen-bond acceptors (Lipinski definition) is 3. The molecule has 0 fully saturated rings. The van der Waals surface area contributed by atoms with Crippen molar-refractivity contribution in [3.05, 3.63) is 71.5 Å². The van der Waals surface area contributed by atoms with Crippen molar-refractivity contribution >= 4 is 23.0 Å². The monoisotopic (exact) mass is 264 g/mol. The van der Waals surface area contributed by atoms with E-state index in [1.807, 2.05) is 0 Å². The van der Waals surface area contributed by atoms with Crippen LogP contribution >= 0.6 is 0 Å². The molecule has 0 spiro atoms. The molecule has 1 heterocycles. The van der Waals surface area contributed by atoms with Gasteiger partial charge in [-0.05, 0) is 18.2 Å². The van der Waals surface area contributed by atoms with Gasteiger partial charge in [0.05, 0.1) is 11.8 Å². The summed E-state index contributed by atoms with van der Waals surface area (Å²) < 4.78 is 0. The summed E-state index contributed by atoms with van der Waals surface area (Å²) in [6, 6.07) is 14.5. The van der Waals surface area contributed by atoms with Gasteiger partial charge in [0.25, 0.3) is 5.91 Å². The first-order valence-corrected chi connectivity index (χ1v) is 6.01. The van der Waals surface area contributed by atoms with E-state index < -0.39 is 0 Å². The highest BCUT2D eigenvalue weighted by molar-refractivity contribution is 6.31. The van der Waals surface area contributed by atoms with Crippen LogP contribution in [0.15, 0.2) is 48.7 Å². The Morgan fingerprint density at radius 2 is 2.10 bits per heavy atom. The fourth-order valence-corrected chi connectivity index (χ4v) is 2.17. The van der Waals surface area contributed by atoms with Crippen molar-refractivity contribution in [2.75, 3.05) is 5.32 Å². The molecule has 1 radical (unpaired) electrons. The maximum absolute atomic E-state index is 12.3. The third-order valence-corrected chi connectivity index (χ3v) is 3.16. The van der Waals surface area contributed by atoms with Crippen LogP contribution in [0.1, 0.15) is 21.5 Å². The van der Waals surface area contributed by atoms with E-state index in [4.69, 9.17) is 5.11 Å². The lowest BCUT2D eigenvalue weighted by Gasteiger charge is -2.04. The highest BCUT2D eigenvalue weighted by atomic mass is 16.2. The van der Waals surface area contributed by atoms with Gasteiger partial charge in [-0.2, -0.15) is 0 Å². The van der Waals surface area contributed by atoms with Crippen molar-refractivity contribution in [2.45, 2.75) is 0 Å². The maximum atomic E-state index is 12.3. The van der Waals surface area contributed by atoms with Crippen LogP contribution in [0, 0.1) is 6.07 Å². The first-order valence-electron chi connectivity index (χ1n) is 6.01. The fraction of sp³-hybridized carbons (Fsp3) is 0. The molecule has 0 aromatic heterocycles. The van der Waals surface area contributed by atoms with E-state index in [1.165, 1.54) is 0 Å². The normalized spacial score (nSPS) is 15.0. The van der Waals surface area contributed by atoms with Crippen LogP contribution < -0.4 is 5.32 Å². The predicted octanol–water partition coefficient (Wildman–Crippen LogP) is 2.57. The molecular weight excluding hydrogens is 254 g/mol. The Hall–Kier alpha value is -2.88. The predicted molar refractivity (Wildman–Crippen MR) is 74.4 cm³/mol. The lowest BCUT2D eigenvalue weighted by molar-refractivity contribution is -0.110. The molecule has 2 aromatic rings. The van der Waals surface area contributed by atoms with E-state index in [0.717, 1.165) is 6.26 Å². The van der Waals surface area contributed by atoms with E-state index in [-0.39, 0.29) is 17.3 Å². The molecule has 3 rings (SSSR count). The molecule has 4 heteroatoms. The first-order chi connectivity index (χ1) is 9.70. The molecule has 4 nitrogen and oxygen atoms in total. The quantitative estimate of drug-likeness (QED) is 0.497. The van der Waals surface area contributed by atoms with E-state index in [0.29, 0.717) is 22.4 Å². The number of fused-ring (bicyclic) bond motifs is 1. The summed E-state index contributed by atoms with van der Waals surface area (Å²) in [7, 11) is 0. The second-order valence-corrected chi connectivity index (χ2v) is 4.38. The first kappa shape index (κ1) is 12.2. The zero-order valence-electron chi connectivity index (χ0n) is 10.4. The summed E-state index contributed by atoms with van der Waals surface area (Å²) >= 11 is 0. The standard InChI is InChI=1S/C16H10NO3/c18-9-13-12-7-6-11(8-14(12)17-16(13)20)15(19)10-4-2-1-3-5-10/h1-2,4-9,18H,(H,17,20). The van der Waals surface area contributed by atoms with Crippen molar-refractivity contribution in [3.8, 4) is 0 Å². The Bertz CT molecular complexity index is 733. The molecule has 2 N–H and O–H groups in total. The zero-order valence-corrected chi connectivity index (χ0v) is 10.4. The summed E-state index contributed by atoms with van der Waals surface area (Å²) in [5, 5.41) is 11.7. The van der Waals surface area contributed by atoms with Crippen molar-refractivity contribution in [1.29, 1.82) is 0 Å². The molecule has 0 saturated carbocycles. The lowest BCUT2D eigenvalue weighted by Crippen LogP contribution is -2.04. The molecular formula is C16H10NO3. The van der Waals surface area contributed by atoms with E-state index >= 15 is 0 Å². The molecule has 97 valence electrons. The Morgan fingerprint density at radius 3 is 2.80 bits per heavy atom. The Labute approximate surface area is 115 Å². The minimum Gasteiger partial charge on any atom is -0.515 e. The van der Waals surface area contributed by atoms with E-state index in [2.05, 4.69) is 11.4 Å². The number of aliphatic hydroxyl groups is 1. The fourth-order valence-electron chi connectivity index (χ4n) is 2.17. The largest absolute Gasteiger partial charge is 0.515 e. The summed E-state index contributed by atoms with van der Waals surface area (Å²) in [5.74, 6) is -0.513. The molecule has 2 aromatic carbocycles. The smallest absolute Gasteiger partial charge is 0.259 e. The molecule has 0 atom stereocenters. The van der Waals surface area contributed by atoms with Crippen LogP contribution in [0.3, 0.4) is 0 Å². The van der Waals surface area contributed by atoms with Gasteiger partial charge in [0.15, 0.2) is 5.78 Å². The van der Waals surface area contributed by atoms with Gasteiger partial charge in [-0.1, -0.05) is 30.3 Å². The number of rotatable bonds is 2. The number of benzene rings is 2. The molecule has 0 aliphatic carbocycles. The van der Waals surface area contributed by atoms with Gasteiger partial charge >= 0.3 is 0 Å². The summed E-state index contributed by atoms with van der Waals surface area (Å²) in [6.45, 7) is 0. The molecule has 0 unspecified atom stereocenters. The highest BCUT2D eigenvalue weighted by Gasteiger charge is 2.25. The number of aliphatic hydroxyl groups excluding tert-OH is 1. The lowest BCUT2D eigenvalue weighted by atomic mass is 10.00. The van der Waals surface area contributed by atoms with Gasteiger partial charge in [-0.3, -0.25) is 9.59 Å². The van der Waals surface area contributed by atoms with Crippen LogP contribution in [0.5, 0.6) is 0 Å². The zero-order chi connectivity index (χ0) is 14.1. The number of ketones is 1. The summed E-state index contributed by atoms with van der Waals surface area (Å²) in [4.78, 5) is 23.9. The summed E-state index contributed by atoms with van der Waals surface area (Å²) in [6.07, 6.45) is 0.773. The number of nitrogens with one attached hydrogen (secondary N) is 1. The minimum atomic E-state index is -0.375. The summed E-state index contributed by atoms with van der Waals surface area (Å²) in [5.41, 5.74) is 2.33. The van der Waals surface area contributed by atoms with Crippen molar-refractivity contribution < 1.29 is 14.7 Å². The van der Waals surface area contributed by atoms with Gasteiger partial charge in [0, 0.05) is 22.4 Å². The number of carbonyl (C=O) groups is 2. The van der Waals surface area contributed by atoms with Gasteiger partial charge < -0.3 is 10.4 Å². The van der Waals surface area contributed by atoms with Gasteiger partial charge in [0.1, 0.15) is 0 Å². The third-order valence-electron chi connectivity index (χ3n) is 3.16. The average Bonchev–Trinajstić information content (AvgIpc) is 2.81. The third kappa shape index (κ3) is 1.87. The Kier molecular flexibility index (Phi) is 2.84. The topological polar surface area (TPSA) is 66.4 Å². The molecule has 20 heavy (non-hydrogen) atoms. The number of hydrogen-bond donors (Lipinski definition) is 2. The molecule has 0 bridgehead atoms. The number of anilines is 1. The van der Waals surface area contributed by atoms with Crippen LogP contribution in [-0.4, -0.2) is 16.8 Å². The van der Waals surface area contributed by atoms with Crippen molar-refractivity contribution in [3.63, 3.8) is 0 Å². The van der Waals surface area contributed by atoms with E-state index in [9.17, 15) is 9.59 Å². The van der Waals surface area contributed by atoms with E-state index in [1.54, 1.807) is 42.5 Å². The van der Waals surface area contributed by atoms with Gasteiger partial charge in [-0.15, -0.1) is 0 Å². The molecule has 1 aliphatic heterocycles. The van der Waals surface area contributed by atoms with Crippen LogP contribution in [-0.2, 0) is 4.79 Å². The van der Waals surface area contributed by atoms with Crippen LogP contribution in [0.25, 0.3) is 5.57 Å². The molecule has 1 aliphatic rings. The van der Waals surface area contributed by atoms with Crippen molar-refractivity contribution in [1.82, 2.24) is 0 Å². The SMILES string of the molecule is O=C1Nc2cc(C(=O)c3c[c]ccc3)ccc2C1=CO. The van der Waals surface area contributed by atoms with Crippen LogP contribution in [0.2, 0.25) is 0 Å². The van der Waals surface area contributed by atoms with Gasteiger partial charge in [0.2, 0.25) is 0 Å². The Balaban J connectivity index is 2.01. The molecule has 0 saturated heterocycles. The maximum Gasteiger partial charge on any atom is 0.259 e.